The smallest absolute Gasteiger partial charge is 0.339 e. The van der Waals surface area contributed by atoms with Gasteiger partial charge in [-0.15, -0.1) is 11.3 Å². The average Bonchev–Trinajstić information content (AvgIpc) is 2.97. The van der Waals surface area contributed by atoms with E-state index in [4.69, 9.17) is 5.73 Å². The summed E-state index contributed by atoms with van der Waals surface area (Å²) in [4.78, 5) is 15.5. The molecule has 0 aliphatic heterocycles. The molecular formula is C12H13N3O4S2. The molecule has 0 saturated heterocycles. The van der Waals surface area contributed by atoms with Crippen LogP contribution in [0, 0.1) is 0 Å². The fourth-order valence-corrected chi connectivity index (χ4v) is 3.43. The third-order valence-corrected chi connectivity index (χ3v) is 4.83. The van der Waals surface area contributed by atoms with Crippen molar-refractivity contribution in [3.63, 3.8) is 0 Å². The maximum absolute atomic E-state index is 12.3. The standard InChI is InChI=1S/C12H13N3O4S2/c1-19-12(16)9-6-8(13)2-3-10(9)21(17,18)15-7-11-14-4-5-20-11/h2-6,15H,7,13H2,1H3. The number of aromatic nitrogens is 1. The van der Waals surface area contributed by atoms with Crippen molar-refractivity contribution in [3.8, 4) is 0 Å². The van der Waals surface area contributed by atoms with E-state index in [0.717, 1.165) is 0 Å². The van der Waals surface area contributed by atoms with Crippen LogP contribution < -0.4 is 10.5 Å². The molecule has 0 saturated carbocycles. The van der Waals surface area contributed by atoms with E-state index in [1.165, 1.54) is 36.6 Å². The number of nitrogens with zero attached hydrogens (tertiary/aromatic N) is 1. The Hall–Kier alpha value is -1.97. The number of ether oxygens (including phenoxy) is 1. The summed E-state index contributed by atoms with van der Waals surface area (Å²) in [7, 11) is -2.71. The van der Waals surface area contributed by atoms with E-state index >= 15 is 0 Å². The lowest BCUT2D eigenvalue weighted by atomic mass is 10.2. The Bertz CT molecular complexity index is 742. The molecule has 3 N–H and O–H groups in total. The number of thiazole rings is 1. The zero-order valence-corrected chi connectivity index (χ0v) is 12.7. The number of nitrogens with one attached hydrogen (secondary N) is 1. The number of rotatable bonds is 5. The van der Waals surface area contributed by atoms with Crippen molar-refractivity contribution < 1.29 is 17.9 Å². The highest BCUT2D eigenvalue weighted by Crippen LogP contribution is 2.20. The summed E-state index contributed by atoms with van der Waals surface area (Å²) >= 11 is 1.33. The first kappa shape index (κ1) is 15.4. The van der Waals surface area contributed by atoms with Crippen LogP contribution in [0.3, 0.4) is 0 Å². The lowest BCUT2D eigenvalue weighted by molar-refractivity contribution is 0.0596. The second-order valence-corrected chi connectivity index (χ2v) is 6.71. The Kier molecular flexibility index (Phi) is 4.56. The number of methoxy groups -OCH3 is 1. The van der Waals surface area contributed by atoms with Crippen LogP contribution in [-0.4, -0.2) is 26.5 Å². The molecule has 2 aromatic rings. The van der Waals surface area contributed by atoms with Gasteiger partial charge in [-0.1, -0.05) is 0 Å². The molecule has 0 radical (unpaired) electrons. The lowest BCUT2D eigenvalue weighted by Crippen LogP contribution is -2.25. The molecule has 1 aromatic heterocycles. The number of sulfonamides is 1. The fraction of sp³-hybridized carbons (Fsp3) is 0.167. The molecule has 0 aliphatic carbocycles. The number of anilines is 1. The molecule has 1 aromatic carbocycles. The van der Waals surface area contributed by atoms with Gasteiger partial charge in [-0.2, -0.15) is 0 Å². The van der Waals surface area contributed by atoms with Crippen molar-refractivity contribution in [1.82, 2.24) is 9.71 Å². The van der Waals surface area contributed by atoms with E-state index in [1.807, 2.05) is 0 Å². The van der Waals surface area contributed by atoms with Gasteiger partial charge in [0.1, 0.15) is 5.01 Å². The van der Waals surface area contributed by atoms with Crippen molar-refractivity contribution in [2.45, 2.75) is 11.4 Å². The third-order valence-electron chi connectivity index (χ3n) is 2.60. The Morgan fingerprint density at radius 3 is 2.86 bits per heavy atom. The zero-order chi connectivity index (χ0) is 15.5. The minimum atomic E-state index is -3.88. The summed E-state index contributed by atoms with van der Waals surface area (Å²) in [6, 6.07) is 3.94. The minimum Gasteiger partial charge on any atom is -0.465 e. The third kappa shape index (κ3) is 3.57. The van der Waals surface area contributed by atoms with Gasteiger partial charge in [-0.3, -0.25) is 0 Å². The minimum absolute atomic E-state index is 0.0466. The van der Waals surface area contributed by atoms with Gasteiger partial charge in [-0.05, 0) is 18.2 Å². The first-order chi connectivity index (χ1) is 9.94. The van der Waals surface area contributed by atoms with Gasteiger partial charge in [-0.25, -0.2) is 22.9 Å². The predicted octanol–water partition coefficient (Wildman–Crippen LogP) is 0.990. The second kappa shape index (κ2) is 6.20. The zero-order valence-electron chi connectivity index (χ0n) is 11.1. The number of benzene rings is 1. The van der Waals surface area contributed by atoms with Crippen molar-refractivity contribution in [1.29, 1.82) is 0 Å². The maximum Gasteiger partial charge on any atom is 0.339 e. The quantitative estimate of drug-likeness (QED) is 0.626. The summed E-state index contributed by atoms with van der Waals surface area (Å²) < 4.78 is 31.6. The van der Waals surface area contributed by atoms with Gasteiger partial charge in [0, 0.05) is 17.3 Å². The van der Waals surface area contributed by atoms with Crippen LogP contribution in [-0.2, 0) is 21.3 Å². The van der Waals surface area contributed by atoms with Gasteiger partial charge in [0.25, 0.3) is 0 Å². The van der Waals surface area contributed by atoms with Crippen LogP contribution in [0.25, 0.3) is 0 Å². The first-order valence-electron chi connectivity index (χ1n) is 5.80. The van der Waals surface area contributed by atoms with Gasteiger partial charge < -0.3 is 10.5 Å². The molecule has 112 valence electrons. The highest BCUT2D eigenvalue weighted by Gasteiger charge is 2.23. The summed E-state index contributed by atoms with van der Waals surface area (Å²) in [5.74, 6) is -0.767. The molecule has 2 rings (SSSR count). The van der Waals surface area contributed by atoms with E-state index in [-0.39, 0.29) is 22.7 Å². The summed E-state index contributed by atoms with van der Waals surface area (Å²) in [6.45, 7) is 0.0466. The lowest BCUT2D eigenvalue weighted by Gasteiger charge is -2.10. The molecule has 0 unspecified atom stereocenters. The molecule has 0 fully saturated rings. The number of hydrogen-bond donors (Lipinski definition) is 2. The van der Waals surface area contributed by atoms with Crippen molar-refractivity contribution >= 4 is 33.0 Å². The summed E-state index contributed by atoms with van der Waals surface area (Å²) in [5, 5.41) is 2.36. The Morgan fingerprint density at radius 1 is 1.48 bits per heavy atom. The second-order valence-electron chi connectivity index (χ2n) is 4.00. The Balaban J connectivity index is 2.33. The molecule has 1 heterocycles. The maximum atomic E-state index is 12.3. The summed E-state index contributed by atoms with van der Waals surface area (Å²) in [6.07, 6.45) is 1.58. The fourth-order valence-electron chi connectivity index (χ4n) is 1.63. The van der Waals surface area contributed by atoms with Crippen molar-refractivity contribution in [2.24, 2.45) is 0 Å². The molecule has 0 spiro atoms. The number of carbonyl (C=O) groups is 1. The van der Waals surface area contributed by atoms with Crippen LogP contribution in [0.5, 0.6) is 0 Å². The topological polar surface area (TPSA) is 111 Å². The Morgan fingerprint density at radius 2 is 2.24 bits per heavy atom. The number of hydrogen-bond acceptors (Lipinski definition) is 7. The molecule has 21 heavy (non-hydrogen) atoms. The highest BCUT2D eigenvalue weighted by atomic mass is 32.2. The van der Waals surface area contributed by atoms with E-state index in [0.29, 0.717) is 5.01 Å². The molecule has 0 atom stereocenters. The Labute approximate surface area is 125 Å². The predicted molar refractivity (Wildman–Crippen MR) is 78.3 cm³/mol. The molecular weight excluding hydrogens is 314 g/mol. The van der Waals surface area contributed by atoms with Crippen LogP contribution in [0.1, 0.15) is 15.4 Å². The summed E-state index contributed by atoms with van der Waals surface area (Å²) in [5.41, 5.74) is 5.75. The first-order valence-corrected chi connectivity index (χ1v) is 8.16. The van der Waals surface area contributed by atoms with Gasteiger partial charge in [0.15, 0.2) is 0 Å². The molecule has 0 aliphatic rings. The normalized spacial score (nSPS) is 11.3. The average molecular weight is 327 g/mol. The molecule has 0 amide bonds. The van der Waals surface area contributed by atoms with E-state index in [9.17, 15) is 13.2 Å². The van der Waals surface area contributed by atoms with Crippen LogP contribution in [0.2, 0.25) is 0 Å². The van der Waals surface area contributed by atoms with Crippen molar-refractivity contribution in [3.05, 3.63) is 40.3 Å². The van der Waals surface area contributed by atoms with E-state index in [2.05, 4.69) is 14.4 Å². The highest BCUT2D eigenvalue weighted by molar-refractivity contribution is 7.89. The number of nitrogens with two attached hydrogens (primary N) is 1. The van der Waals surface area contributed by atoms with E-state index < -0.39 is 16.0 Å². The number of carbonyl (C=O) groups excluding carboxylic acids is 1. The van der Waals surface area contributed by atoms with E-state index in [1.54, 1.807) is 11.6 Å². The largest absolute Gasteiger partial charge is 0.465 e. The monoisotopic (exact) mass is 327 g/mol. The SMILES string of the molecule is COC(=O)c1cc(N)ccc1S(=O)(=O)NCc1nccs1. The van der Waals surface area contributed by atoms with Crippen LogP contribution in [0.15, 0.2) is 34.7 Å². The van der Waals surface area contributed by atoms with Gasteiger partial charge >= 0.3 is 5.97 Å². The number of nitrogen functional groups attached to an aromatic ring is 1. The molecule has 0 bridgehead atoms. The number of esters is 1. The van der Waals surface area contributed by atoms with Crippen LogP contribution in [0.4, 0.5) is 5.69 Å². The molecule has 9 heteroatoms. The van der Waals surface area contributed by atoms with Gasteiger partial charge in [0.05, 0.1) is 24.1 Å². The van der Waals surface area contributed by atoms with Crippen LogP contribution >= 0.6 is 11.3 Å². The van der Waals surface area contributed by atoms with Crippen molar-refractivity contribution in [2.75, 3.05) is 12.8 Å². The van der Waals surface area contributed by atoms with Gasteiger partial charge in [0.2, 0.25) is 10.0 Å². The molecule has 7 nitrogen and oxygen atoms in total.